The van der Waals surface area contributed by atoms with E-state index in [1.807, 2.05) is 44.6 Å². The average molecular weight is 280 g/mol. The molecule has 1 unspecified atom stereocenters. The minimum atomic E-state index is 0.291. The summed E-state index contributed by atoms with van der Waals surface area (Å²) in [4.78, 5) is 6.60. The predicted molar refractivity (Wildman–Crippen MR) is 85.5 cm³/mol. The van der Waals surface area contributed by atoms with Crippen molar-refractivity contribution in [3.8, 4) is 6.07 Å². The van der Waals surface area contributed by atoms with Crippen LogP contribution in [0.5, 0.6) is 0 Å². The molecule has 1 N–H and O–H groups in total. The van der Waals surface area contributed by atoms with Gasteiger partial charge < -0.3 is 10.2 Å². The fraction of sp³-hybridized carbons (Fsp3) is 0.294. The molecule has 0 amide bonds. The Morgan fingerprint density at radius 1 is 1.19 bits per heavy atom. The Kier molecular flexibility index (Phi) is 4.91. The van der Waals surface area contributed by atoms with Crippen LogP contribution in [-0.4, -0.2) is 19.1 Å². The zero-order chi connectivity index (χ0) is 15.2. The molecule has 0 saturated heterocycles. The van der Waals surface area contributed by atoms with Crippen LogP contribution in [0.25, 0.3) is 0 Å². The quantitative estimate of drug-likeness (QED) is 0.912. The molecule has 4 nitrogen and oxygen atoms in total. The molecule has 0 radical (unpaired) electrons. The minimum absolute atomic E-state index is 0.291. The number of hydrogen-bond donors (Lipinski definition) is 1. The summed E-state index contributed by atoms with van der Waals surface area (Å²) in [5.74, 6) is 0. The molecule has 1 atom stereocenters. The van der Waals surface area contributed by atoms with Gasteiger partial charge >= 0.3 is 0 Å². The lowest BCUT2D eigenvalue weighted by atomic mass is 10.1. The molecule has 0 saturated carbocycles. The van der Waals surface area contributed by atoms with Crippen LogP contribution in [0.2, 0.25) is 0 Å². The number of pyridine rings is 1. The molecule has 1 aromatic heterocycles. The second-order valence-electron chi connectivity index (χ2n) is 4.91. The van der Waals surface area contributed by atoms with Crippen molar-refractivity contribution in [1.82, 2.24) is 10.3 Å². The molecule has 1 heterocycles. The Bertz CT molecular complexity index is 607. The van der Waals surface area contributed by atoms with Gasteiger partial charge in [-0.05, 0) is 49.9 Å². The molecule has 0 spiro atoms. The van der Waals surface area contributed by atoms with Crippen molar-refractivity contribution in [2.24, 2.45) is 0 Å². The fourth-order valence-electron chi connectivity index (χ4n) is 2.27. The number of aromatic nitrogens is 1. The van der Waals surface area contributed by atoms with E-state index in [0.717, 1.165) is 23.5 Å². The highest BCUT2D eigenvalue weighted by molar-refractivity contribution is 5.62. The van der Waals surface area contributed by atoms with E-state index in [2.05, 4.69) is 40.3 Å². The minimum Gasteiger partial charge on any atom is -0.343 e. The number of nitriles is 1. The van der Waals surface area contributed by atoms with Crippen LogP contribution in [-0.2, 0) is 0 Å². The van der Waals surface area contributed by atoms with Gasteiger partial charge in [-0.2, -0.15) is 5.26 Å². The SMILES string of the molecule is CCC(NC)c1ccc(N(C)c2ccc(C#N)cc2)cn1. The standard InChI is InChI=1S/C17H20N4/c1-4-16(19-2)17-10-9-15(12-20-17)21(3)14-7-5-13(11-18)6-8-14/h5-10,12,16,19H,4H2,1-3H3. The largest absolute Gasteiger partial charge is 0.343 e. The topological polar surface area (TPSA) is 52.0 Å². The second-order valence-corrected chi connectivity index (χ2v) is 4.91. The molecule has 108 valence electrons. The van der Waals surface area contributed by atoms with E-state index >= 15 is 0 Å². The Morgan fingerprint density at radius 2 is 1.86 bits per heavy atom. The van der Waals surface area contributed by atoms with Gasteiger partial charge in [-0.25, -0.2) is 0 Å². The van der Waals surface area contributed by atoms with E-state index in [9.17, 15) is 0 Å². The number of hydrogen-bond acceptors (Lipinski definition) is 4. The normalized spacial score (nSPS) is 11.7. The van der Waals surface area contributed by atoms with Gasteiger partial charge in [0.1, 0.15) is 0 Å². The van der Waals surface area contributed by atoms with E-state index in [4.69, 9.17) is 5.26 Å². The van der Waals surface area contributed by atoms with Crippen LogP contribution < -0.4 is 10.2 Å². The maximum absolute atomic E-state index is 8.83. The number of nitrogens with one attached hydrogen (secondary N) is 1. The van der Waals surface area contributed by atoms with Crippen molar-refractivity contribution in [2.45, 2.75) is 19.4 Å². The molecule has 21 heavy (non-hydrogen) atoms. The zero-order valence-corrected chi connectivity index (χ0v) is 12.7. The summed E-state index contributed by atoms with van der Waals surface area (Å²) >= 11 is 0. The number of benzene rings is 1. The molecule has 0 fully saturated rings. The number of nitrogens with zero attached hydrogens (tertiary/aromatic N) is 3. The van der Waals surface area contributed by atoms with Crippen LogP contribution in [0, 0.1) is 11.3 Å². The van der Waals surface area contributed by atoms with Crippen molar-refractivity contribution in [3.63, 3.8) is 0 Å². The Morgan fingerprint density at radius 3 is 2.33 bits per heavy atom. The first-order valence-corrected chi connectivity index (χ1v) is 7.06. The van der Waals surface area contributed by atoms with Gasteiger partial charge in [0.05, 0.1) is 29.2 Å². The monoisotopic (exact) mass is 280 g/mol. The molecule has 0 aliphatic rings. The fourth-order valence-corrected chi connectivity index (χ4v) is 2.27. The third-order valence-electron chi connectivity index (χ3n) is 3.66. The maximum Gasteiger partial charge on any atom is 0.0991 e. The van der Waals surface area contributed by atoms with Crippen LogP contribution in [0.1, 0.15) is 30.6 Å². The van der Waals surface area contributed by atoms with Crippen LogP contribution in [0.4, 0.5) is 11.4 Å². The highest BCUT2D eigenvalue weighted by Gasteiger charge is 2.09. The molecule has 0 bridgehead atoms. The van der Waals surface area contributed by atoms with Gasteiger partial charge in [0.15, 0.2) is 0 Å². The lowest BCUT2D eigenvalue weighted by Gasteiger charge is -2.20. The zero-order valence-electron chi connectivity index (χ0n) is 12.7. The molecule has 2 rings (SSSR count). The molecular weight excluding hydrogens is 260 g/mol. The predicted octanol–water partition coefficient (Wildman–Crippen LogP) is 3.39. The summed E-state index contributed by atoms with van der Waals surface area (Å²) in [5.41, 5.74) is 3.77. The second kappa shape index (κ2) is 6.87. The van der Waals surface area contributed by atoms with Crippen molar-refractivity contribution in [3.05, 3.63) is 53.9 Å². The number of anilines is 2. The third-order valence-corrected chi connectivity index (χ3v) is 3.66. The summed E-state index contributed by atoms with van der Waals surface area (Å²) in [6.45, 7) is 2.14. The van der Waals surface area contributed by atoms with Crippen molar-refractivity contribution in [2.75, 3.05) is 19.0 Å². The first-order valence-electron chi connectivity index (χ1n) is 7.06. The Balaban J connectivity index is 2.19. The van der Waals surface area contributed by atoms with Gasteiger partial charge in [0.25, 0.3) is 0 Å². The summed E-state index contributed by atoms with van der Waals surface area (Å²) in [7, 11) is 3.94. The van der Waals surface area contributed by atoms with Crippen molar-refractivity contribution in [1.29, 1.82) is 5.26 Å². The maximum atomic E-state index is 8.83. The smallest absolute Gasteiger partial charge is 0.0991 e. The first kappa shape index (κ1) is 15.0. The molecule has 4 heteroatoms. The molecule has 0 aliphatic carbocycles. The first-order chi connectivity index (χ1) is 10.2. The lowest BCUT2D eigenvalue weighted by Crippen LogP contribution is -2.17. The summed E-state index contributed by atoms with van der Waals surface area (Å²) in [6.07, 6.45) is 2.89. The summed E-state index contributed by atoms with van der Waals surface area (Å²) in [5, 5.41) is 12.1. The average Bonchev–Trinajstić information content (AvgIpc) is 2.56. The van der Waals surface area contributed by atoms with Gasteiger partial charge in [0, 0.05) is 18.8 Å². The molecular formula is C17H20N4. The van der Waals surface area contributed by atoms with E-state index in [0.29, 0.717) is 11.6 Å². The summed E-state index contributed by atoms with van der Waals surface area (Å²) in [6, 6.07) is 14.1. The molecule has 0 aliphatic heterocycles. The van der Waals surface area contributed by atoms with E-state index in [-0.39, 0.29) is 0 Å². The van der Waals surface area contributed by atoms with Crippen LogP contribution in [0.3, 0.4) is 0 Å². The van der Waals surface area contributed by atoms with Crippen molar-refractivity contribution >= 4 is 11.4 Å². The van der Waals surface area contributed by atoms with Gasteiger partial charge in [-0.3, -0.25) is 4.98 Å². The van der Waals surface area contributed by atoms with Crippen molar-refractivity contribution < 1.29 is 0 Å². The van der Waals surface area contributed by atoms with E-state index < -0.39 is 0 Å². The van der Waals surface area contributed by atoms with E-state index in [1.54, 1.807) is 0 Å². The number of rotatable bonds is 5. The highest BCUT2D eigenvalue weighted by atomic mass is 15.1. The van der Waals surface area contributed by atoms with E-state index in [1.165, 1.54) is 0 Å². The van der Waals surface area contributed by atoms with Gasteiger partial charge in [-0.1, -0.05) is 6.92 Å². The Labute approximate surface area is 126 Å². The summed E-state index contributed by atoms with van der Waals surface area (Å²) < 4.78 is 0. The Hall–Kier alpha value is -2.38. The molecule has 1 aromatic carbocycles. The van der Waals surface area contributed by atoms with Gasteiger partial charge in [0.2, 0.25) is 0 Å². The molecule has 2 aromatic rings. The van der Waals surface area contributed by atoms with Crippen LogP contribution >= 0.6 is 0 Å². The third kappa shape index (κ3) is 3.39. The van der Waals surface area contributed by atoms with Gasteiger partial charge in [-0.15, -0.1) is 0 Å². The van der Waals surface area contributed by atoms with Crippen LogP contribution in [0.15, 0.2) is 42.6 Å². The lowest BCUT2D eigenvalue weighted by molar-refractivity contribution is 0.562. The highest BCUT2D eigenvalue weighted by Crippen LogP contribution is 2.24.